The molecule has 1 heterocycles. The molecular weight excluding hydrogens is 298 g/mol. The summed E-state index contributed by atoms with van der Waals surface area (Å²) in [4.78, 5) is 26.6. The predicted molar refractivity (Wildman–Crippen MR) is 86.5 cm³/mol. The molecule has 0 aliphatic carbocycles. The minimum atomic E-state index is -1.18. The number of nitrogens with zero attached hydrogens (tertiary/aromatic N) is 1. The van der Waals surface area contributed by atoms with Crippen LogP contribution in [0.25, 0.3) is 0 Å². The summed E-state index contributed by atoms with van der Waals surface area (Å²) < 4.78 is 10.5. The van der Waals surface area contributed by atoms with E-state index < -0.39 is 5.41 Å². The van der Waals surface area contributed by atoms with Crippen molar-refractivity contribution < 1.29 is 19.1 Å². The number of hydrogen-bond donors (Lipinski definition) is 2. The molecule has 126 valence electrons. The van der Waals surface area contributed by atoms with Crippen LogP contribution in [-0.4, -0.2) is 50.7 Å². The Morgan fingerprint density at radius 3 is 2.57 bits per heavy atom. The molecule has 2 rings (SSSR count). The largest absolute Gasteiger partial charge is 0.454 e. The fraction of sp³-hybridized carbons (Fsp3) is 0.500. The van der Waals surface area contributed by atoms with E-state index in [9.17, 15) is 9.59 Å². The van der Waals surface area contributed by atoms with E-state index in [4.69, 9.17) is 9.47 Å². The van der Waals surface area contributed by atoms with Crippen molar-refractivity contribution in [3.63, 3.8) is 0 Å². The molecule has 0 saturated heterocycles. The molecule has 2 N–H and O–H groups in total. The molecule has 0 bridgehead atoms. The van der Waals surface area contributed by atoms with Crippen molar-refractivity contribution in [2.45, 2.75) is 13.8 Å². The van der Waals surface area contributed by atoms with Crippen LogP contribution in [0.4, 0.5) is 5.69 Å². The molecule has 1 aromatic carbocycles. The van der Waals surface area contributed by atoms with Crippen molar-refractivity contribution in [2.24, 2.45) is 5.41 Å². The Hall–Kier alpha value is -2.28. The van der Waals surface area contributed by atoms with Gasteiger partial charge in [0, 0.05) is 24.8 Å². The summed E-state index contributed by atoms with van der Waals surface area (Å²) in [6.07, 6.45) is 0. The second kappa shape index (κ2) is 6.87. The lowest BCUT2D eigenvalue weighted by molar-refractivity contribution is -0.138. The lowest BCUT2D eigenvalue weighted by Gasteiger charge is -2.23. The van der Waals surface area contributed by atoms with Crippen molar-refractivity contribution in [1.29, 1.82) is 0 Å². The number of rotatable bonds is 6. The van der Waals surface area contributed by atoms with Gasteiger partial charge in [0.05, 0.1) is 0 Å². The standard InChI is InChI=1S/C16H23N3O4/c1-16(2,14(20)17-7-8-19(3)4)15(21)18-11-5-6-12-13(9-11)23-10-22-12/h5-6,9H,7-8,10H2,1-4H3,(H,17,20)(H,18,21). The van der Waals surface area contributed by atoms with Gasteiger partial charge in [-0.2, -0.15) is 0 Å². The highest BCUT2D eigenvalue weighted by Crippen LogP contribution is 2.34. The molecule has 7 nitrogen and oxygen atoms in total. The van der Waals surface area contributed by atoms with Gasteiger partial charge in [-0.05, 0) is 40.1 Å². The maximum Gasteiger partial charge on any atom is 0.239 e. The van der Waals surface area contributed by atoms with Gasteiger partial charge in [-0.15, -0.1) is 0 Å². The lowest BCUT2D eigenvalue weighted by atomic mass is 9.91. The SMILES string of the molecule is CN(C)CCNC(=O)C(C)(C)C(=O)Nc1ccc2c(c1)OCO2. The number of anilines is 1. The molecule has 0 fully saturated rings. The maximum atomic E-state index is 12.4. The first kappa shape index (κ1) is 17.1. The summed E-state index contributed by atoms with van der Waals surface area (Å²) >= 11 is 0. The van der Waals surface area contributed by atoms with Gasteiger partial charge in [0.1, 0.15) is 5.41 Å². The van der Waals surface area contributed by atoms with Crippen LogP contribution < -0.4 is 20.1 Å². The van der Waals surface area contributed by atoms with Gasteiger partial charge in [-0.1, -0.05) is 0 Å². The first-order chi connectivity index (χ1) is 10.8. The van der Waals surface area contributed by atoms with Crippen LogP contribution in [0.15, 0.2) is 18.2 Å². The fourth-order valence-electron chi connectivity index (χ4n) is 1.98. The number of hydrogen-bond acceptors (Lipinski definition) is 5. The first-order valence-corrected chi connectivity index (χ1v) is 7.45. The van der Waals surface area contributed by atoms with Crippen LogP contribution >= 0.6 is 0 Å². The maximum absolute atomic E-state index is 12.4. The number of carbonyl (C=O) groups excluding carboxylic acids is 2. The van der Waals surface area contributed by atoms with Crippen molar-refractivity contribution in [3.8, 4) is 11.5 Å². The average molecular weight is 321 g/mol. The van der Waals surface area contributed by atoms with Crippen molar-refractivity contribution >= 4 is 17.5 Å². The molecule has 0 unspecified atom stereocenters. The third-order valence-corrected chi connectivity index (χ3v) is 3.61. The lowest BCUT2D eigenvalue weighted by Crippen LogP contribution is -2.46. The fourth-order valence-corrected chi connectivity index (χ4v) is 1.98. The van der Waals surface area contributed by atoms with E-state index in [1.807, 2.05) is 19.0 Å². The van der Waals surface area contributed by atoms with E-state index in [0.717, 1.165) is 0 Å². The number of carbonyl (C=O) groups is 2. The molecule has 0 atom stereocenters. The Morgan fingerprint density at radius 2 is 1.87 bits per heavy atom. The van der Waals surface area contributed by atoms with Crippen LogP contribution in [0.2, 0.25) is 0 Å². The van der Waals surface area contributed by atoms with Gasteiger partial charge < -0.3 is 25.0 Å². The molecule has 2 amide bonds. The topological polar surface area (TPSA) is 79.9 Å². The molecule has 0 spiro atoms. The van der Waals surface area contributed by atoms with E-state index in [0.29, 0.717) is 30.3 Å². The van der Waals surface area contributed by atoms with Crippen molar-refractivity contribution in [1.82, 2.24) is 10.2 Å². The quantitative estimate of drug-likeness (QED) is 0.766. The Bertz CT molecular complexity index is 599. The first-order valence-electron chi connectivity index (χ1n) is 7.45. The molecule has 0 radical (unpaired) electrons. The van der Waals surface area contributed by atoms with Gasteiger partial charge in [0.25, 0.3) is 0 Å². The highest BCUT2D eigenvalue weighted by molar-refractivity contribution is 6.09. The molecule has 1 aromatic rings. The van der Waals surface area contributed by atoms with E-state index in [-0.39, 0.29) is 18.6 Å². The molecule has 23 heavy (non-hydrogen) atoms. The normalized spacial score (nSPS) is 13.1. The molecular formula is C16H23N3O4. The van der Waals surface area contributed by atoms with Crippen molar-refractivity contribution in [3.05, 3.63) is 18.2 Å². The number of ether oxygens (including phenoxy) is 2. The van der Waals surface area contributed by atoms with Gasteiger partial charge in [-0.3, -0.25) is 9.59 Å². The molecule has 7 heteroatoms. The third-order valence-electron chi connectivity index (χ3n) is 3.61. The minimum absolute atomic E-state index is 0.173. The number of amides is 2. The van der Waals surface area contributed by atoms with Crippen LogP contribution in [0.1, 0.15) is 13.8 Å². The zero-order valence-corrected chi connectivity index (χ0v) is 13.9. The summed E-state index contributed by atoms with van der Waals surface area (Å²) in [5, 5.41) is 5.52. The highest BCUT2D eigenvalue weighted by atomic mass is 16.7. The number of likely N-dealkylation sites (N-methyl/N-ethyl adjacent to an activating group) is 1. The number of fused-ring (bicyclic) bond motifs is 1. The average Bonchev–Trinajstić information content (AvgIpc) is 2.94. The summed E-state index contributed by atoms with van der Waals surface area (Å²) in [6, 6.07) is 5.12. The van der Waals surface area contributed by atoms with E-state index >= 15 is 0 Å². The van der Waals surface area contributed by atoms with E-state index in [1.165, 1.54) is 0 Å². The Balaban J connectivity index is 1.96. The zero-order chi connectivity index (χ0) is 17.0. The Morgan fingerprint density at radius 1 is 1.17 bits per heavy atom. The molecule has 0 aromatic heterocycles. The number of benzene rings is 1. The second-order valence-corrected chi connectivity index (χ2v) is 6.21. The Kier molecular flexibility index (Phi) is 5.10. The summed E-state index contributed by atoms with van der Waals surface area (Å²) in [6.45, 7) is 4.57. The predicted octanol–water partition coefficient (Wildman–Crippen LogP) is 1.06. The minimum Gasteiger partial charge on any atom is -0.454 e. The van der Waals surface area contributed by atoms with Crippen LogP contribution in [-0.2, 0) is 9.59 Å². The van der Waals surface area contributed by atoms with Crippen molar-refractivity contribution in [2.75, 3.05) is 39.3 Å². The van der Waals surface area contributed by atoms with Gasteiger partial charge >= 0.3 is 0 Å². The third kappa shape index (κ3) is 4.13. The van der Waals surface area contributed by atoms with E-state index in [1.54, 1.807) is 32.0 Å². The zero-order valence-electron chi connectivity index (χ0n) is 13.9. The highest BCUT2D eigenvalue weighted by Gasteiger charge is 2.36. The number of nitrogens with one attached hydrogen (secondary N) is 2. The van der Waals surface area contributed by atoms with E-state index in [2.05, 4.69) is 10.6 Å². The smallest absolute Gasteiger partial charge is 0.239 e. The summed E-state index contributed by atoms with van der Waals surface area (Å²) in [7, 11) is 3.84. The summed E-state index contributed by atoms with van der Waals surface area (Å²) in [5.41, 5.74) is -0.615. The Labute approximate surface area is 135 Å². The summed E-state index contributed by atoms with van der Waals surface area (Å²) in [5.74, 6) is 0.538. The van der Waals surface area contributed by atoms with Crippen LogP contribution in [0, 0.1) is 5.41 Å². The molecule has 1 aliphatic heterocycles. The molecule has 0 saturated carbocycles. The molecule has 1 aliphatic rings. The van der Waals surface area contributed by atoms with Crippen LogP contribution in [0.5, 0.6) is 11.5 Å². The van der Waals surface area contributed by atoms with Gasteiger partial charge in [-0.25, -0.2) is 0 Å². The second-order valence-electron chi connectivity index (χ2n) is 6.21. The van der Waals surface area contributed by atoms with Gasteiger partial charge in [0.2, 0.25) is 18.6 Å². The van der Waals surface area contributed by atoms with Gasteiger partial charge in [0.15, 0.2) is 11.5 Å². The van der Waals surface area contributed by atoms with Crippen LogP contribution in [0.3, 0.4) is 0 Å². The monoisotopic (exact) mass is 321 g/mol.